The number of carbonyl (C=O) groups excluding carboxylic acids is 1. The van der Waals surface area contributed by atoms with Crippen LogP contribution in [0.2, 0.25) is 5.02 Å². The molecular formula is C32H37ClN6O4. The van der Waals surface area contributed by atoms with Crippen LogP contribution in [0.3, 0.4) is 0 Å². The zero-order chi connectivity index (χ0) is 29.8. The summed E-state index contributed by atoms with van der Waals surface area (Å²) in [5, 5.41) is 3.50. The Hall–Kier alpha value is -3.60. The van der Waals surface area contributed by atoms with E-state index >= 15 is 0 Å². The third-order valence-electron chi connectivity index (χ3n) is 9.82. The van der Waals surface area contributed by atoms with Gasteiger partial charge in [0.05, 0.1) is 30.1 Å². The molecule has 0 unspecified atom stereocenters. The summed E-state index contributed by atoms with van der Waals surface area (Å²) < 4.78 is 17.6. The minimum absolute atomic E-state index is 0.0789. The lowest BCUT2D eigenvalue weighted by molar-refractivity contribution is -0.00599. The van der Waals surface area contributed by atoms with Gasteiger partial charge in [0.1, 0.15) is 16.5 Å². The molecule has 7 rings (SSSR count). The monoisotopic (exact) mass is 604 g/mol. The zero-order valence-electron chi connectivity index (χ0n) is 24.9. The quantitative estimate of drug-likeness (QED) is 0.402. The Bertz CT molecular complexity index is 1540. The van der Waals surface area contributed by atoms with Crippen molar-refractivity contribution in [3.05, 3.63) is 58.7 Å². The molecule has 1 aromatic heterocycles. The molecule has 226 valence electrons. The Kier molecular flexibility index (Phi) is 7.10. The van der Waals surface area contributed by atoms with Crippen LogP contribution in [0.4, 0.5) is 17.3 Å². The van der Waals surface area contributed by atoms with Crippen LogP contribution in [0.1, 0.15) is 41.6 Å². The van der Waals surface area contributed by atoms with Crippen molar-refractivity contribution in [2.75, 3.05) is 70.8 Å². The molecule has 11 heteroatoms. The average molecular weight is 605 g/mol. The van der Waals surface area contributed by atoms with Gasteiger partial charge in [0, 0.05) is 50.5 Å². The van der Waals surface area contributed by atoms with Crippen LogP contribution in [0.5, 0.6) is 17.4 Å². The van der Waals surface area contributed by atoms with Crippen molar-refractivity contribution < 1.29 is 19.0 Å². The summed E-state index contributed by atoms with van der Waals surface area (Å²) in [6.07, 6.45) is 5.48. The third kappa shape index (κ3) is 4.85. The number of aromatic nitrogens is 2. The first kappa shape index (κ1) is 28.2. The highest BCUT2D eigenvalue weighted by molar-refractivity contribution is 6.31. The maximum atomic E-state index is 13.5. The first-order valence-electron chi connectivity index (χ1n) is 14.9. The van der Waals surface area contributed by atoms with Gasteiger partial charge in [0.25, 0.3) is 5.91 Å². The zero-order valence-corrected chi connectivity index (χ0v) is 25.6. The van der Waals surface area contributed by atoms with E-state index in [1.54, 1.807) is 13.2 Å². The number of amides is 1. The van der Waals surface area contributed by atoms with Crippen molar-refractivity contribution in [2.24, 2.45) is 5.41 Å². The molecule has 43 heavy (non-hydrogen) atoms. The largest absolute Gasteiger partial charge is 0.494 e. The van der Waals surface area contributed by atoms with Crippen molar-refractivity contribution in [1.29, 1.82) is 0 Å². The highest BCUT2D eigenvalue weighted by Gasteiger charge is 2.50. The van der Waals surface area contributed by atoms with Crippen LogP contribution in [0.15, 0.2) is 42.6 Å². The number of fused-ring (bicyclic) bond motifs is 2. The van der Waals surface area contributed by atoms with Crippen molar-refractivity contribution in [3.8, 4) is 17.4 Å². The summed E-state index contributed by atoms with van der Waals surface area (Å²) in [7, 11) is 5.71. The molecule has 3 aromatic rings. The molecule has 1 N–H and O–H groups in total. The Morgan fingerprint density at radius 3 is 2.53 bits per heavy atom. The number of anilines is 3. The Morgan fingerprint density at radius 1 is 1.02 bits per heavy atom. The molecular weight excluding hydrogens is 568 g/mol. The summed E-state index contributed by atoms with van der Waals surface area (Å²) in [6.45, 7) is 5.71. The van der Waals surface area contributed by atoms with E-state index in [9.17, 15) is 4.79 Å². The lowest BCUT2D eigenvalue weighted by Gasteiger charge is -2.54. The van der Waals surface area contributed by atoms with Gasteiger partial charge in [-0.25, -0.2) is 4.98 Å². The predicted octanol–water partition coefficient (Wildman–Crippen LogP) is 5.30. The molecule has 1 amide bonds. The maximum Gasteiger partial charge on any atom is 0.258 e. The molecule has 5 heterocycles. The van der Waals surface area contributed by atoms with Gasteiger partial charge in [-0.3, -0.25) is 4.79 Å². The Balaban J connectivity index is 1.10. The minimum Gasteiger partial charge on any atom is -0.494 e. The Morgan fingerprint density at radius 2 is 1.79 bits per heavy atom. The SMILES string of the molecule is COc1cc(N2CC3(CCN(C)CC3)C2)ccc1Nc1ncc(Cl)c(Oc2cccc3c2C(=O)N(C)C32CCOCC2)n1. The number of hydrogen-bond acceptors (Lipinski definition) is 9. The summed E-state index contributed by atoms with van der Waals surface area (Å²) in [5.74, 6) is 1.50. The second kappa shape index (κ2) is 10.8. The number of rotatable bonds is 6. The first-order chi connectivity index (χ1) is 20.8. The van der Waals surface area contributed by atoms with E-state index in [0.717, 1.165) is 42.9 Å². The molecule has 10 nitrogen and oxygen atoms in total. The molecule has 3 saturated heterocycles. The molecule has 4 aliphatic heterocycles. The van der Waals surface area contributed by atoms with E-state index in [1.165, 1.54) is 32.1 Å². The molecule has 0 radical (unpaired) electrons. The number of hydrogen-bond donors (Lipinski definition) is 1. The second-order valence-corrected chi connectivity index (χ2v) is 12.7. The van der Waals surface area contributed by atoms with Gasteiger partial charge in [0.15, 0.2) is 0 Å². The lowest BCUT2D eigenvalue weighted by atomic mass is 9.72. The van der Waals surface area contributed by atoms with Crippen LogP contribution in [-0.2, 0) is 10.3 Å². The number of benzene rings is 2. The van der Waals surface area contributed by atoms with Gasteiger partial charge < -0.3 is 34.2 Å². The van der Waals surface area contributed by atoms with E-state index in [1.807, 2.05) is 30.1 Å². The summed E-state index contributed by atoms with van der Waals surface area (Å²) >= 11 is 6.49. The van der Waals surface area contributed by atoms with Crippen molar-refractivity contribution >= 4 is 34.8 Å². The standard InChI is InChI=1S/C32H37ClN6O4/c1-37-13-9-31(10-14-37)19-39(20-31)21-7-8-24(26(17-21)41-3)35-30-34-18-23(33)28(36-30)43-25-6-4-5-22-27(25)29(40)38(2)32(22)11-15-42-16-12-32/h4-8,17-18H,9-16,19-20H2,1-3H3,(H,34,35,36). The van der Waals surface area contributed by atoms with Gasteiger partial charge in [-0.2, -0.15) is 4.98 Å². The molecule has 0 atom stereocenters. The van der Waals surface area contributed by atoms with Crippen LogP contribution < -0.4 is 19.7 Å². The number of piperidine rings is 1. The normalized spacial score (nSPS) is 20.7. The predicted molar refractivity (Wildman–Crippen MR) is 165 cm³/mol. The number of nitrogens with zero attached hydrogens (tertiary/aromatic N) is 5. The van der Waals surface area contributed by atoms with Crippen molar-refractivity contribution in [3.63, 3.8) is 0 Å². The van der Waals surface area contributed by atoms with Crippen LogP contribution in [0, 0.1) is 5.41 Å². The van der Waals surface area contributed by atoms with Crippen LogP contribution in [0.25, 0.3) is 0 Å². The van der Waals surface area contributed by atoms with Crippen LogP contribution in [-0.4, -0.2) is 86.3 Å². The molecule has 0 aliphatic carbocycles. The maximum absolute atomic E-state index is 13.5. The van der Waals surface area contributed by atoms with E-state index in [2.05, 4.69) is 44.3 Å². The number of halogens is 1. The van der Waals surface area contributed by atoms with Gasteiger partial charge in [-0.15, -0.1) is 0 Å². The highest BCUT2D eigenvalue weighted by atomic mass is 35.5. The fourth-order valence-corrected chi connectivity index (χ4v) is 7.25. The summed E-state index contributed by atoms with van der Waals surface area (Å²) in [6, 6.07) is 11.8. The number of nitrogens with one attached hydrogen (secondary N) is 1. The van der Waals surface area contributed by atoms with E-state index in [4.69, 9.17) is 25.8 Å². The number of likely N-dealkylation sites (tertiary alicyclic amines) is 1. The molecule has 2 spiro atoms. The number of ether oxygens (including phenoxy) is 3. The second-order valence-electron chi connectivity index (χ2n) is 12.3. The fraction of sp³-hybridized carbons (Fsp3) is 0.469. The fourth-order valence-electron chi connectivity index (χ4n) is 7.12. The van der Waals surface area contributed by atoms with E-state index in [-0.39, 0.29) is 16.8 Å². The topological polar surface area (TPSA) is 92.3 Å². The smallest absolute Gasteiger partial charge is 0.258 e. The summed E-state index contributed by atoms with van der Waals surface area (Å²) in [4.78, 5) is 29.1. The number of carbonyl (C=O) groups is 1. The molecule has 3 fully saturated rings. The van der Waals surface area contributed by atoms with Gasteiger partial charge in [0.2, 0.25) is 11.8 Å². The lowest BCUT2D eigenvalue weighted by Crippen LogP contribution is -2.60. The first-order valence-corrected chi connectivity index (χ1v) is 15.3. The average Bonchev–Trinajstić information content (AvgIpc) is 3.21. The van der Waals surface area contributed by atoms with E-state index < -0.39 is 5.54 Å². The number of methoxy groups -OCH3 is 1. The molecule has 0 saturated carbocycles. The minimum atomic E-state index is -0.390. The van der Waals surface area contributed by atoms with E-state index in [0.29, 0.717) is 41.6 Å². The van der Waals surface area contributed by atoms with Crippen molar-refractivity contribution in [1.82, 2.24) is 19.8 Å². The van der Waals surface area contributed by atoms with Gasteiger partial charge >= 0.3 is 0 Å². The van der Waals surface area contributed by atoms with Gasteiger partial charge in [-0.05, 0) is 69.6 Å². The Labute approximate surface area is 256 Å². The highest BCUT2D eigenvalue weighted by Crippen LogP contribution is 2.49. The van der Waals surface area contributed by atoms with Gasteiger partial charge in [-0.1, -0.05) is 23.7 Å². The third-order valence-corrected chi connectivity index (χ3v) is 10.1. The van der Waals surface area contributed by atoms with Crippen LogP contribution >= 0.6 is 11.6 Å². The molecule has 2 aromatic carbocycles. The van der Waals surface area contributed by atoms with Crippen molar-refractivity contribution in [2.45, 2.75) is 31.2 Å². The molecule has 4 aliphatic rings. The molecule has 0 bridgehead atoms. The summed E-state index contributed by atoms with van der Waals surface area (Å²) in [5.41, 5.74) is 3.42.